The number of amides is 2. The molecule has 10 nitrogen and oxygen atoms in total. The van der Waals surface area contributed by atoms with E-state index in [9.17, 15) is 14.2 Å². The van der Waals surface area contributed by atoms with Gasteiger partial charge in [-0.05, 0) is 39.0 Å². The zero-order chi connectivity index (χ0) is 24.4. The second kappa shape index (κ2) is 18.2. The fraction of sp³-hybridized carbons (Fsp3) is 0.810. The summed E-state index contributed by atoms with van der Waals surface area (Å²) < 4.78 is 38.6. The molecule has 1 aliphatic rings. The van der Waals surface area contributed by atoms with Crippen molar-refractivity contribution >= 4 is 19.9 Å². The highest BCUT2D eigenvalue weighted by Gasteiger charge is 2.33. The van der Waals surface area contributed by atoms with E-state index >= 15 is 0 Å². The third-order valence-electron chi connectivity index (χ3n) is 4.78. The Labute approximate surface area is 192 Å². The minimum Gasteiger partial charge on any atom is -0.382 e. The minimum absolute atomic E-state index is 0.0522. The fourth-order valence-electron chi connectivity index (χ4n) is 3.02. The highest BCUT2D eigenvalue weighted by Crippen LogP contribution is 2.49. The largest absolute Gasteiger partial charge is 0.382 e. The van der Waals surface area contributed by atoms with E-state index in [1.165, 1.54) is 6.08 Å². The third-order valence-corrected chi connectivity index (χ3v) is 6.89. The number of methoxy groups -OCH3 is 2. The van der Waals surface area contributed by atoms with Gasteiger partial charge < -0.3 is 28.2 Å². The van der Waals surface area contributed by atoms with E-state index in [1.54, 1.807) is 34.3 Å². The average molecular weight is 481 g/mol. The molecule has 188 valence electrons. The molecule has 0 bridgehead atoms. The van der Waals surface area contributed by atoms with Gasteiger partial charge in [0.05, 0.1) is 38.7 Å². The number of imide groups is 1. The number of nitrogens with zero attached hydrogens (tertiary/aromatic N) is 1. The second-order valence-corrected chi connectivity index (χ2v) is 9.42. The Morgan fingerprint density at radius 1 is 1.19 bits per heavy atom. The summed E-state index contributed by atoms with van der Waals surface area (Å²) in [4.78, 5) is 23.3. The van der Waals surface area contributed by atoms with Gasteiger partial charge in [-0.15, -0.1) is 0 Å². The van der Waals surface area contributed by atoms with Crippen LogP contribution >= 0.6 is 7.60 Å². The molecule has 2 amide bonds. The molecule has 1 heterocycles. The van der Waals surface area contributed by atoms with E-state index in [4.69, 9.17) is 13.8 Å². The monoisotopic (exact) mass is 480 g/mol. The molecule has 3 atom stereocenters. The van der Waals surface area contributed by atoms with Gasteiger partial charge in [-0.2, -0.15) is 0 Å². The number of hydrogen-bond donors (Lipinski definition) is 1. The number of hydrogen-bond acceptors (Lipinski definition) is 9. The SMILES string of the molecule is CCOP(=O)(CCC(C)C1CCC(N(C)/C=C\C(=O)NC=O)O1)OCC.COCCOC. The second-order valence-electron chi connectivity index (χ2n) is 7.24. The summed E-state index contributed by atoms with van der Waals surface area (Å²) in [6.45, 7) is 7.79. The Morgan fingerprint density at radius 3 is 2.28 bits per heavy atom. The molecular weight excluding hydrogens is 439 g/mol. The molecule has 0 aromatic carbocycles. The standard InChI is InChI=1S/C17H31N2O6P.C4H10O2/c1-5-23-26(22,24-6-2)12-10-14(3)15-7-8-17(25-15)19(4)11-9-16(21)18-13-20;1-5-3-4-6-2/h9,11,13-15,17H,5-8,10,12H2,1-4H3,(H,18,20,21);3-4H2,1-2H3/b11-9-;. The van der Waals surface area contributed by atoms with E-state index in [0.29, 0.717) is 45.4 Å². The van der Waals surface area contributed by atoms with Crippen molar-refractivity contribution in [1.29, 1.82) is 0 Å². The molecule has 1 saturated heterocycles. The van der Waals surface area contributed by atoms with Gasteiger partial charge in [0.15, 0.2) is 0 Å². The number of carbonyl (C=O) groups is 2. The van der Waals surface area contributed by atoms with Crippen LogP contribution in [-0.4, -0.2) is 83.4 Å². The minimum atomic E-state index is -3.03. The van der Waals surface area contributed by atoms with Gasteiger partial charge >= 0.3 is 7.60 Å². The lowest BCUT2D eigenvalue weighted by Gasteiger charge is -2.26. The van der Waals surface area contributed by atoms with Crippen LogP contribution in [0.1, 0.15) is 40.0 Å². The maximum atomic E-state index is 12.5. The van der Waals surface area contributed by atoms with Crippen molar-refractivity contribution in [2.75, 3.05) is 53.9 Å². The molecule has 1 fully saturated rings. The van der Waals surface area contributed by atoms with Crippen LogP contribution in [0.15, 0.2) is 12.3 Å². The summed E-state index contributed by atoms with van der Waals surface area (Å²) in [5.74, 6) is -0.262. The van der Waals surface area contributed by atoms with Gasteiger partial charge in [-0.25, -0.2) is 0 Å². The zero-order valence-corrected chi connectivity index (χ0v) is 21.2. The highest BCUT2D eigenvalue weighted by molar-refractivity contribution is 7.53. The molecule has 1 rings (SSSR count). The molecule has 0 saturated carbocycles. The summed E-state index contributed by atoms with van der Waals surface area (Å²) in [5.41, 5.74) is 0. The lowest BCUT2D eigenvalue weighted by Crippen LogP contribution is -2.29. The lowest BCUT2D eigenvalue weighted by molar-refractivity contribution is -0.121. The third kappa shape index (κ3) is 13.3. The van der Waals surface area contributed by atoms with Crippen LogP contribution in [0.5, 0.6) is 0 Å². The predicted octanol–water partition coefficient (Wildman–Crippen LogP) is 2.78. The topological polar surface area (TPSA) is 113 Å². The highest BCUT2D eigenvalue weighted by atomic mass is 31.2. The van der Waals surface area contributed by atoms with Crippen molar-refractivity contribution in [1.82, 2.24) is 10.2 Å². The number of ether oxygens (including phenoxy) is 3. The van der Waals surface area contributed by atoms with Crippen LogP contribution < -0.4 is 5.32 Å². The van der Waals surface area contributed by atoms with Crippen LogP contribution in [0, 0.1) is 5.92 Å². The van der Waals surface area contributed by atoms with Gasteiger partial charge in [0, 0.05) is 33.5 Å². The smallest absolute Gasteiger partial charge is 0.330 e. The molecule has 32 heavy (non-hydrogen) atoms. The van der Waals surface area contributed by atoms with Crippen molar-refractivity contribution in [2.45, 2.75) is 52.4 Å². The first kappa shape index (κ1) is 30.7. The van der Waals surface area contributed by atoms with Crippen LogP contribution in [0.3, 0.4) is 0 Å². The first-order chi connectivity index (χ1) is 15.3. The summed E-state index contributed by atoms with van der Waals surface area (Å²) >= 11 is 0. The summed E-state index contributed by atoms with van der Waals surface area (Å²) in [7, 11) is 2.10. The lowest BCUT2D eigenvalue weighted by atomic mass is 9.99. The molecular formula is C21H41N2O8P. The average Bonchev–Trinajstić information content (AvgIpc) is 3.26. The molecule has 3 unspecified atom stereocenters. The van der Waals surface area contributed by atoms with E-state index < -0.39 is 13.5 Å². The van der Waals surface area contributed by atoms with Crippen molar-refractivity contribution in [2.24, 2.45) is 5.92 Å². The van der Waals surface area contributed by atoms with Crippen LogP contribution in [0.2, 0.25) is 0 Å². The summed E-state index contributed by atoms with van der Waals surface area (Å²) in [5, 5.41) is 2.05. The van der Waals surface area contributed by atoms with E-state index in [2.05, 4.69) is 16.4 Å². The molecule has 0 aromatic rings. The molecule has 0 aromatic heterocycles. The normalized spacial score (nSPS) is 19.3. The summed E-state index contributed by atoms with van der Waals surface area (Å²) in [6, 6.07) is 0. The van der Waals surface area contributed by atoms with E-state index in [1.807, 2.05) is 17.3 Å². The zero-order valence-electron chi connectivity index (χ0n) is 20.3. The maximum absolute atomic E-state index is 12.5. The first-order valence-electron chi connectivity index (χ1n) is 10.9. The Balaban J connectivity index is 0.00000140. The summed E-state index contributed by atoms with van der Waals surface area (Å²) in [6.07, 6.45) is 5.93. The molecule has 0 radical (unpaired) electrons. The number of carbonyl (C=O) groups excluding carboxylic acids is 2. The number of nitrogens with one attached hydrogen (secondary N) is 1. The van der Waals surface area contributed by atoms with Crippen LogP contribution in [-0.2, 0) is 37.4 Å². The van der Waals surface area contributed by atoms with Gasteiger partial charge in [0.2, 0.25) is 6.41 Å². The van der Waals surface area contributed by atoms with Crippen LogP contribution in [0.25, 0.3) is 0 Å². The predicted molar refractivity (Wildman–Crippen MR) is 122 cm³/mol. The first-order valence-corrected chi connectivity index (χ1v) is 12.6. The molecule has 0 aliphatic carbocycles. The molecule has 1 N–H and O–H groups in total. The Morgan fingerprint density at radius 2 is 1.78 bits per heavy atom. The fourth-order valence-corrected chi connectivity index (χ4v) is 4.87. The number of rotatable bonds is 15. The Hall–Kier alpha value is -1.29. The van der Waals surface area contributed by atoms with Crippen LogP contribution in [0.4, 0.5) is 0 Å². The molecule has 11 heteroatoms. The van der Waals surface area contributed by atoms with Crippen molar-refractivity contribution in [3.8, 4) is 0 Å². The van der Waals surface area contributed by atoms with E-state index in [0.717, 1.165) is 12.8 Å². The van der Waals surface area contributed by atoms with Crippen molar-refractivity contribution < 1.29 is 37.4 Å². The Kier molecular flexibility index (Phi) is 17.4. The quantitative estimate of drug-likeness (QED) is 0.164. The van der Waals surface area contributed by atoms with Crippen molar-refractivity contribution in [3.63, 3.8) is 0 Å². The van der Waals surface area contributed by atoms with E-state index in [-0.39, 0.29) is 18.2 Å². The van der Waals surface area contributed by atoms with Gasteiger partial charge in [0.25, 0.3) is 5.91 Å². The maximum Gasteiger partial charge on any atom is 0.330 e. The molecule has 1 aliphatic heterocycles. The Bertz CT molecular complexity index is 576. The molecule has 0 spiro atoms. The van der Waals surface area contributed by atoms with Gasteiger partial charge in [0.1, 0.15) is 6.23 Å². The van der Waals surface area contributed by atoms with Gasteiger partial charge in [-0.3, -0.25) is 19.5 Å². The van der Waals surface area contributed by atoms with Crippen molar-refractivity contribution in [3.05, 3.63) is 12.3 Å². The van der Waals surface area contributed by atoms with Gasteiger partial charge in [-0.1, -0.05) is 6.92 Å².